The molecule has 1 N–H and O–H groups in total. The third-order valence-electron chi connectivity index (χ3n) is 3.19. The molecule has 0 bridgehead atoms. The van der Waals surface area contributed by atoms with E-state index in [0.717, 1.165) is 11.7 Å². The summed E-state index contributed by atoms with van der Waals surface area (Å²) >= 11 is 0. The van der Waals surface area contributed by atoms with E-state index in [-0.39, 0.29) is 6.61 Å². The fourth-order valence-electron chi connectivity index (χ4n) is 2.13. The van der Waals surface area contributed by atoms with Gasteiger partial charge in [-0.1, -0.05) is 6.92 Å². The number of rotatable bonds is 4. The zero-order chi connectivity index (χ0) is 11.0. The molecule has 4 nitrogen and oxygen atoms in total. The summed E-state index contributed by atoms with van der Waals surface area (Å²) in [5, 5.41) is 17.5. The molecule has 15 heavy (non-hydrogen) atoms. The van der Waals surface area contributed by atoms with Gasteiger partial charge in [-0.25, -0.2) is 0 Å². The molecule has 0 amide bonds. The van der Waals surface area contributed by atoms with Gasteiger partial charge in [0, 0.05) is 12.0 Å². The highest BCUT2D eigenvalue weighted by atomic mass is 16.3. The van der Waals surface area contributed by atoms with E-state index in [4.69, 9.17) is 0 Å². The summed E-state index contributed by atoms with van der Waals surface area (Å²) in [6, 6.07) is 0.318. The topological polar surface area (TPSA) is 50.9 Å². The third kappa shape index (κ3) is 1.91. The van der Waals surface area contributed by atoms with Crippen molar-refractivity contribution < 1.29 is 5.11 Å². The smallest absolute Gasteiger partial charge is 0.159 e. The second-order valence-corrected chi connectivity index (χ2v) is 4.72. The Bertz CT molecular complexity index is 342. The highest BCUT2D eigenvalue weighted by Crippen LogP contribution is 2.42. The van der Waals surface area contributed by atoms with Crippen LogP contribution in [0.4, 0.5) is 0 Å². The Morgan fingerprint density at radius 2 is 2.00 bits per heavy atom. The molecule has 1 aromatic rings. The molecule has 1 aliphatic rings. The molecule has 2 rings (SSSR count). The quantitative estimate of drug-likeness (QED) is 0.823. The van der Waals surface area contributed by atoms with Crippen LogP contribution in [-0.4, -0.2) is 19.9 Å². The van der Waals surface area contributed by atoms with Gasteiger partial charge in [-0.15, -0.1) is 10.2 Å². The molecular formula is C11H19N3O. The van der Waals surface area contributed by atoms with E-state index in [2.05, 4.69) is 35.5 Å². The number of aliphatic hydroxyl groups excluding tert-OH is 1. The first kappa shape index (κ1) is 10.6. The predicted octanol–water partition coefficient (Wildman–Crippen LogP) is 1.86. The molecule has 1 atom stereocenters. The van der Waals surface area contributed by atoms with Crippen molar-refractivity contribution in [3.8, 4) is 0 Å². The summed E-state index contributed by atoms with van der Waals surface area (Å²) < 4.78 is 2.07. The van der Waals surface area contributed by atoms with Gasteiger partial charge in [-0.3, -0.25) is 0 Å². The molecule has 1 aromatic heterocycles. The fourth-order valence-corrected chi connectivity index (χ4v) is 2.13. The van der Waals surface area contributed by atoms with E-state index in [0.29, 0.717) is 17.8 Å². The maximum atomic E-state index is 9.19. The Hall–Kier alpha value is -0.900. The maximum Gasteiger partial charge on any atom is 0.159 e. The lowest BCUT2D eigenvalue weighted by Crippen LogP contribution is -2.13. The average molecular weight is 209 g/mol. The Labute approximate surface area is 90.3 Å². The first-order valence-electron chi connectivity index (χ1n) is 5.69. The van der Waals surface area contributed by atoms with Crippen LogP contribution >= 0.6 is 0 Å². The molecule has 0 aromatic carbocycles. The van der Waals surface area contributed by atoms with Crippen LogP contribution in [0.2, 0.25) is 0 Å². The molecule has 1 unspecified atom stereocenters. The van der Waals surface area contributed by atoms with Crippen molar-refractivity contribution in [3.63, 3.8) is 0 Å². The number of hydrogen-bond acceptors (Lipinski definition) is 3. The highest BCUT2D eigenvalue weighted by molar-refractivity contribution is 5.06. The van der Waals surface area contributed by atoms with Crippen LogP contribution in [0.5, 0.6) is 0 Å². The van der Waals surface area contributed by atoms with Crippen molar-refractivity contribution in [2.75, 3.05) is 0 Å². The van der Waals surface area contributed by atoms with Gasteiger partial charge >= 0.3 is 0 Å². The van der Waals surface area contributed by atoms with Crippen molar-refractivity contribution in [3.05, 3.63) is 11.6 Å². The van der Waals surface area contributed by atoms with Crippen LogP contribution in [0.3, 0.4) is 0 Å². The van der Waals surface area contributed by atoms with Crippen LogP contribution in [0.25, 0.3) is 0 Å². The van der Waals surface area contributed by atoms with Gasteiger partial charge in [0.25, 0.3) is 0 Å². The van der Waals surface area contributed by atoms with Gasteiger partial charge in [0.05, 0.1) is 0 Å². The van der Waals surface area contributed by atoms with Crippen molar-refractivity contribution in [2.45, 2.75) is 52.2 Å². The lowest BCUT2D eigenvalue weighted by atomic mass is 10.1. The maximum absolute atomic E-state index is 9.19. The van der Waals surface area contributed by atoms with Gasteiger partial charge in [0.1, 0.15) is 12.4 Å². The van der Waals surface area contributed by atoms with Crippen LogP contribution < -0.4 is 0 Å². The summed E-state index contributed by atoms with van der Waals surface area (Å²) in [5.74, 6) is 2.97. The zero-order valence-corrected chi connectivity index (χ0v) is 9.64. The summed E-state index contributed by atoms with van der Waals surface area (Å²) in [6.07, 6.45) is 2.61. The Morgan fingerprint density at radius 1 is 1.33 bits per heavy atom. The standard InChI is InChI=1S/C11H19N3O/c1-7(2)14-10(6-15)12-13-11(14)8(3)9-4-5-9/h7-9,15H,4-6H2,1-3H3. The Balaban J connectivity index is 2.32. The molecule has 84 valence electrons. The minimum Gasteiger partial charge on any atom is -0.388 e. The van der Waals surface area contributed by atoms with E-state index in [1.807, 2.05) is 0 Å². The molecule has 1 saturated carbocycles. The predicted molar refractivity (Wildman–Crippen MR) is 57.5 cm³/mol. The largest absolute Gasteiger partial charge is 0.388 e. The zero-order valence-electron chi connectivity index (χ0n) is 9.64. The van der Waals surface area contributed by atoms with Gasteiger partial charge in [-0.05, 0) is 32.6 Å². The summed E-state index contributed by atoms with van der Waals surface area (Å²) in [6.45, 7) is 6.39. The van der Waals surface area contributed by atoms with E-state index in [1.54, 1.807) is 0 Å². The van der Waals surface area contributed by atoms with Crippen LogP contribution in [0.1, 0.15) is 57.2 Å². The van der Waals surface area contributed by atoms with Crippen molar-refractivity contribution >= 4 is 0 Å². The molecular weight excluding hydrogens is 190 g/mol. The lowest BCUT2D eigenvalue weighted by Gasteiger charge is -2.16. The summed E-state index contributed by atoms with van der Waals surface area (Å²) in [7, 11) is 0. The fraction of sp³-hybridized carbons (Fsp3) is 0.818. The summed E-state index contributed by atoms with van der Waals surface area (Å²) in [4.78, 5) is 0. The van der Waals surface area contributed by atoms with E-state index >= 15 is 0 Å². The van der Waals surface area contributed by atoms with Crippen molar-refractivity contribution in [1.29, 1.82) is 0 Å². The van der Waals surface area contributed by atoms with Gasteiger partial charge in [0.2, 0.25) is 0 Å². The minimum atomic E-state index is -0.0252. The van der Waals surface area contributed by atoms with Crippen LogP contribution in [0, 0.1) is 5.92 Å². The second-order valence-electron chi connectivity index (χ2n) is 4.72. The van der Waals surface area contributed by atoms with Gasteiger partial charge in [-0.2, -0.15) is 0 Å². The molecule has 1 heterocycles. The SMILES string of the molecule is CC(c1nnc(CO)n1C(C)C)C1CC1. The Kier molecular flexibility index (Phi) is 2.78. The minimum absolute atomic E-state index is 0.0252. The number of nitrogens with zero attached hydrogens (tertiary/aromatic N) is 3. The first-order valence-corrected chi connectivity index (χ1v) is 5.69. The van der Waals surface area contributed by atoms with Crippen molar-refractivity contribution in [2.24, 2.45) is 5.92 Å². The van der Waals surface area contributed by atoms with Gasteiger partial charge in [0.15, 0.2) is 5.82 Å². The number of aromatic nitrogens is 3. The second kappa shape index (κ2) is 3.93. The third-order valence-corrected chi connectivity index (χ3v) is 3.19. The lowest BCUT2D eigenvalue weighted by molar-refractivity contribution is 0.261. The summed E-state index contributed by atoms with van der Waals surface area (Å²) in [5.41, 5.74) is 0. The number of aliphatic hydroxyl groups is 1. The van der Waals surface area contributed by atoms with Crippen LogP contribution in [0.15, 0.2) is 0 Å². The Morgan fingerprint density at radius 3 is 2.47 bits per heavy atom. The highest BCUT2D eigenvalue weighted by Gasteiger charge is 2.33. The molecule has 1 aliphatic carbocycles. The van der Waals surface area contributed by atoms with E-state index in [1.165, 1.54) is 12.8 Å². The van der Waals surface area contributed by atoms with Gasteiger partial charge < -0.3 is 9.67 Å². The molecule has 0 spiro atoms. The molecule has 0 saturated heterocycles. The molecule has 1 fully saturated rings. The molecule has 0 aliphatic heterocycles. The van der Waals surface area contributed by atoms with Crippen molar-refractivity contribution in [1.82, 2.24) is 14.8 Å². The monoisotopic (exact) mass is 209 g/mol. The molecule has 0 radical (unpaired) electrons. The number of hydrogen-bond donors (Lipinski definition) is 1. The average Bonchev–Trinajstić information content (AvgIpc) is 2.95. The first-order chi connectivity index (χ1) is 7.15. The molecule has 4 heteroatoms. The van der Waals surface area contributed by atoms with E-state index in [9.17, 15) is 5.11 Å². The van der Waals surface area contributed by atoms with E-state index < -0.39 is 0 Å². The van der Waals surface area contributed by atoms with Crippen LogP contribution in [-0.2, 0) is 6.61 Å². The normalized spacial score (nSPS) is 18.5.